The van der Waals surface area contributed by atoms with Gasteiger partial charge in [0.25, 0.3) is 0 Å². The fraction of sp³-hybridized carbons (Fsp3) is 0.667. The molecule has 3 nitrogen and oxygen atoms in total. The molecule has 2 atom stereocenters. The summed E-state index contributed by atoms with van der Waals surface area (Å²) in [6, 6.07) is 0.519. The minimum Gasteiger partial charge on any atom is -0.316 e. The third-order valence-electron chi connectivity index (χ3n) is 2.16. The predicted molar refractivity (Wildman–Crippen MR) is 57.0 cm³/mol. The second kappa shape index (κ2) is 4.67. The molecule has 0 aliphatic heterocycles. The van der Waals surface area contributed by atoms with Gasteiger partial charge in [-0.3, -0.25) is 4.68 Å². The Morgan fingerprint density at radius 1 is 1.54 bits per heavy atom. The van der Waals surface area contributed by atoms with Crippen LogP contribution in [0.3, 0.4) is 0 Å². The summed E-state index contributed by atoms with van der Waals surface area (Å²) in [6.45, 7) is 4.41. The largest absolute Gasteiger partial charge is 0.316 e. The lowest BCUT2D eigenvalue weighted by molar-refractivity contribution is 0.605. The molecule has 1 heterocycles. The molecule has 4 heteroatoms. The lowest BCUT2D eigenvalue weighted by atomic mass is 10.3. The molecule has 0 amide bonds. The number of aromatic nitrogens is 2. The highest BCUT2D eigenvalue weighted by Crippen LogP contribution is 2.23. The van der Waals surface area contributed by atoms with Gasteiger partial charge in [-0.05, 0) is 14.0 Å². The average Bonchev–Trinajstić information content (AvgIpc) is 2.49. The van der Waals surface area contributed by atoms with Crippen LogP contribution in [0.5, 0.6) is 0 Å². The fourth-order valence-corrected chi connectivity index (χ4v) is 2.10. The van der Waals surface area contributed by atoms with E-state index in [1.807, 2.05) is 42.9 Å². The molecular formula is C9H17N3S. The Morgan fingerprint density at radius 2 is 2.23 bits per heavy atom. The summed E-state index contributed by atoms with van der Waals surface area (Å²) in [7, 11) is 3.93. The number of rotatable bonds is 4. The molecule has 1 aromatic rings. The zero-order valence-electron chi connectivity index (χ0n) is 8.61. The number of aryl methyl sites for hydroxylation is 1. The van der Waals surface area contributed by atoms with E-state index in [0.717, 1.165) is 0 Å². The number of hydrogen-bond acceptors (Lipinski definition) is 3. The summed E-state index contributed by atoms with van der Waals surface area (Å²) in [5.74, 6) is 0. The van der Waals surface area contributed by atoms with Crippen LogP contribution < -0.4 is 5.32 Å². The highest BCUT2D eigenvalue weighted by Gasteiger charge is 2.11. The maximum absolute atomic E-state index is 4.13. The standard InChI is InChI=1S/C9H17N3S/c1-7(10-3)8(2)13-9-5-11-12(4)6-9/h5-8,10H,1-4H3. The molecule has 0 spiro atoms. The third kappa shape index (κ3) is 3.04. The van der Waals surface area contributed by atoms with Gasteiger partial charge in [0.2, 0.25) is 0 Å². The molecule has 0 saturated heterocycles. The van der Waals surface area contributed by atoms with Crippen LogP contribution >= 0.6 is 11.8 Å². The predicted octanol–water partition coefficient (Wildman–Crippen LogP) is 1.51. The van der Waals surface area contributed by atoms with Crippen LogP contribution in [0.2, 0.25) is 0 Å². The van der Waals surface area contributed by atoms with Crippen molar-refractivity contribution in [3.05, 3.63) is 12.4 Å². The molecule has 0 fully saturated rings. The van der Waals surface area contributed by atoms with E-state index in [9.17, 15) is 0 Å². The SMILES string of the molecule is CNC(C)C(C)Sc1cnn(C)c1. The summed E-state index contributed by atoms with van der Waals surface area (Å²) in [6.07, 6.45) is 3.95. The molecule has 0 aliphatic rings. The molecule has 0 radical (unpaired) electrons. The highest BCUT2D eigenvalue weighted by atomic mass is 32.2. The van der Waals surface area contributed by atoms with Gasteiger partial charge in [0.05, 0.1) is 6.20 Å². The van der Waals surface area contributed by atoms with E-state index in [-0.39, 0.29) is 0 Å². The zero-order valence-corrected chi connectivity index (χ0v) is 9.43. The Kier molecular flexibility index (Phi) is 3.81. The molecule has 2 unspecified atom stereocenters. The van der Waals surface area contributed by atoms with Crippen molar-refractivity contribution in [2.45, 2.75) is 30.0 Å². The molecular weight excluding hydrogens is 182 g/mol. The van der Waals surface area contributed by atoms with Crippen molar-refractivity contribution in [2.24, 2.45) is 7.05 Å². The lowest BCUT2D eigenvalue weighted by Crippen LogP contribution is -2.30. The van der Waals surface area contributed by atoms with Gasteiger partial charge < -0.3 is 5.32 Å². The van der Waals surface area contributed by atoms with Gasteiger partial charge in [0, 0.05) is 29.4 Å². The molecule has 1 aromatic heterocycles. The van der Waals surface area contributed by atoms with Gasteiger partial charge in [0.15, 0.2) is 0 Å². The molecule has 74 valence electrons. The Bertz CT molecular complexity index is 259. The first-order valence-corrected chi connectivity index (χ1v) is 5.34. The Balaban J connectivity index is 2.49. The summed E-state index contributed by atoms with van der Waals surface area (Å²) < 4.78 is 1.83. The topological polar surface area (TPSA) is 29.9 Å². The third-order valence-corrected chi connectivity index (χ3v) is 3.43. The van der Waals surface area contributed by atoms with E-state index >= 15 is 0 Å². The monoisotopic (exact) mass is 199 g/mol. The van der Waals surface area contributed by atoms with Crippen LogP contribution in [-0.2, 0) is 7.05 Å². The van der Waals surface area contributed by atoms with Gasteiger partial charge in [-0.25, -0.2) is 0 Å². The van der Waals surface area contributed by atoms with E-state index in [1.165, 1.54) is 4.90 Å². The molecule has 1 N–H and O–H groups in total. The fourth-order valence-electron chi connectivity index (χ4n) is 1.01. The van der Waals surface area contributed by atoms with Crippen LogP contribution in [0.15, 0.2) is 17.3 Å². The Morgan fingerprint density at radius 3 is 2.69 bits per heavy atom. The van der Waals surface area contributed by atoms with Gasteiger partial charge in [-0.2, -0.15) is 5.10 Å². The lowest BCUT2D eigenvalue weighted by Gasteiger charge is -2.17. The van der Waals surface area contributed by atoms with Crippen LogP contribution in [0.4, 0.5) is 0 Å². The van der Waals surface area contributed by atoms with Gasteiger partial charge in [-0.1, -0.05) is 6.92 Å². The number of nitrogens with one attached hydrogen (secondary N) is 1. The molecule has 0 saturated carbocycles. The van der Waals surface area contributed by atoms with E-state index in [2.05, 4.69) is 24.3 Å². The second-order valence-electron chi connectivity index (χ2n) is 3.25. The maximum atomic E-state index is 4.13. The van der Waals surface area contributed by atoms with E-state index < -0.39 is 0 Å². The van der Waals surface area contributed by atoms with Crippen molar-refractivity contribution in [1.82, 2.24) is 15.1 Å². The first-order valence-electron chi connectivity index (χ1n) is 4.46. The Labute approximate surface area is 83.9 Å². The van der Waals surface area contributed by atoms with Gasteiger partial charge in [0.1, 0.15) is 0 Å². The summed E-state index contributed by atoms with van der Waals surface area (Å²) >= 11 is 1.85. The number of thioether (sulfide) groups is 1. The maximum Gasteiger partial charge on any atom is 0.0625 e. The quantitative estimate of drug-likeness (QED) is 0.745. The van der Waals surface area contributed by atoms with Crippen LogP contribution in [-0.4, -0.2) is 28.1 Å². The average molecular weight is 199 g/mol. The van der Waals surface area contributed by atoms with Crippen molar-refractivity contribution < 1.29 is 0 Å². The molecule has 0 bridgehead atoms. The first kappa shape index (κ1) is 10.6. The minimum absolute atomic E-state index is 0.519. The zero-order chi connectivity index (χ0) is 9.84. The molecule has 1 rings (SSSR count). The molecule has 13 heavy (non-hydrogen) atoms. The summed E-state index contributed by atoms with van der Waals surface area (Å²) in [5.41, 5.74) is 0. The number of hydrogen-bond donors (Lipinski definition) is 1. The highest BCUT2D eigenvalue weighted by molar-refractivity contribution is 8.00. The smallest absolute Gasteiger partial charge is 0.0625 e. The summed E-state index contributed by atoms with van der Waals surface area (Å²) in [4.78, 5) is 1.23. The van der Waals surface area contributed by atoms with Gasteiger partial charge in [-0.15, -0.1) is 11.8 Å². The van der Waals surface area contributed by atoms with Crippen molar-refractivity contribution in [2.75, 3.05) is 7.05 Å². The summed E-state index contributed by atoms with van der Waals surface area (Å²) in [5, 5.41) is 7.94. The molecule has 0 aliphatic carbocycles. The van der Waals surface area contributed by atoms with Gasteiger partial charge >= 0.3 is 0 Å². The van der Waals surface area contributed by atoms with Crippen LogP contribution in [0.25, 0.3) is 0 Å². The van der Waals surface area contributed by atoms with Crippen LogP contribution in [0, 0.1) is 0 Å². The first-order chi connectivity index (χ1) is 6.13. The minimum atomic E-state index is 0.519. The van der Waals surface area contributed by atoms with Crippen molar-refractivity contribution in [1.29, 1.82) is 0 Å². The van der Waals surface area contributed by atoms with Crippen LogP contribution in [0.1, 0.15) is 13.8 Å². The second-order valence-corrected chi connectivity index (χ2v) is 4.70. The van der Waals surface area contributed by atoms with Crippen molar-refractivity contribution in [3.63, 3.8) is 0 Å². The molecule has 0 aromatic carbocycles. The van der Waals surface area contributed by atoms with E-state index in [4.69, 9.17) is 0 Å². The Hall–Kier alpha value is -0.480. The van der Waals surface area contributed by atoms with E-state index in [0.29, 0.717) is 11.3 Å². The number of nitrogens with zero attached hydrogens (tertiary/aromatic N) is 2. The van der Waals surface area contributed by atoms with E-state index in [1.54, 1.807) is 0 Å². The van der Waals surface area contributed by atoms with Crippen molar-refractivity contribution >= 4 is 11.8 Å². The normalized spacial score (nSPS) is 15.7. The van der Waals surface area contributed by atoms with Crippen molar-refractivity contribution in [3.8, 4) is 0 Å².